The number of hydrogen-bond donors (Lipinski definition) is 2. The van der Waals surface area contributed by atoms with E-state index in [0.29, 0.717) is 11.8 Å². The molecule has 1 aromatic heterocycles. The Labute approximate surface area is 244 Å². The lowest BCUT2D eigenvalue weighted by atomic mass is 9.83. The average Bonchev–Trinajstić information content (AvgIpc) is 3.37. The van der Waals surface area contributed by atoms with Crippen LogP contribution in [0.3, 0.4) is 0 Å². The monoisotopic (exact) mass is 553 g/mol. The summed E-state index contributed by atoms with van der Waals surface area (Å²) in [4.78, 5) is 21.6. The zero-order valence-electron chi connectivity index (χ0n) is 27.1. The van der Waals surface area contributed by atoms with Gasteiger partial charge in [0.05, 0.1) is 11.4 Å². The Morgan fingerprint density at radius 1 is 1.00 bits per heavy atom. The second-order valence-electron chi connectivity index (χ2n) is 9.90. The third-order valence-corrected chi connectivity index (χ3v) is 6.83. The Kier molecular flexibility index (Phi) is 15.3. The first-order valence-electron chi connectivity index (χ1n) is 15.4. The van der Waals surface area contributed by atoms with Crippen LogP contribution in [0.1, 0.15) is 110 Å². The molecule has 2 N–H and O–H groups in total. The van der Waals surface area contributed by atoms with Crippen molar-refractivity contribution in [3.05, 3.63) is 47.2 Å². The van der Waals surface area contributed by atoms with E-state index in [2.05, 4.69) is 53.7 Å². The highest BCUT2D eigenvalue weighted by Gasteiger charge is 2.35. The maximum absolute atomic E-state index is 10.4. The van der Waals surface area contributed by atoms with Crippen LogP contribution in [0.4, 0.5) is 16.2 Å². The van der Waals surface area contributed by atoms with Gasteiger partial charge in [-0.15, -0.1) is 0 Å². The number of hydrogen-bond acceptors (Lipinski definition) is 5. The summed E-state index contributed by atoms with van der Waals surface area (Å²) in [6, 6.07) is 11.0. The summed E-state index contributed by atoms with van der Waals surface area (Å²) in [5, 5.41) is 5.88. The number of carbonyl (C=O) groups is 1. The summed E-state index contributed by atoms with van der Waals surface area (Å²) in [5.74, 6) is 1.32. The van der Waals surface area contributed by atoms with Crippen molar-refractivity contribution in [2.45, 2.75) is 106 Å². The Bertz CT molecular complexity index is 1060. The molecule has 7 nitrogen and oxygen atoms in total. The van der Waals surface area contributed by atoms with E-state index >= 15 is 0 Å². The van der Waals surface area contributed by atoms with E-state index in [-0.39, 0.29) is 6.03 Å². The van der Waals surface area contributed by atoms with Crippen molar-refractivity contribution in [2.75, 3.05) is 32.5 Å². The maximum atomic E-state index is 10.4. The molecular weight excluding hydrogens is 498 g/mol. The molecule has 2 aromatic rings. The molecule has 1 aliphatic carbocycles. The zero-order chi connectivity index (χ0) is 30.3. The van der Waals surface area contributed by atoms with Gasteiger partial charge in [-0.1, -0.05) is 85.1 Å². The molecule has 224 valence electrons. The fourth-order valence-corrected chi connectivity index (χ4v) is 4.87. The molecule has 2 fully saturated rings. The number of aliphatic imine (C=N–C) groups is 1. The number of pyridine rings is 1. The molecule has 40 heavy (non-hydrogen) atoms. The van der Waals surface area contributed by atoms with E-state index in [0.717, 1.165) is 41.4 Å². The first kappa shape index (κ1) is 34.9. The Morgan fingerprint density at radius 3 is 2.08 bits per heavy atom. The molecular formula is C33H55N5O2. The van der Waals surface area contributed by atoms with Gasteiger partial charge >= 0.3 is 6.03 Å². The molecule has 1 saturated carbocycles. The van der Waals surface area contributed by atoms with Crippen LogP contribution in [-0.2, 0) is 0 Å². The Hall–Kier alpha value is -3.09. The summed E-state index contributed by atoms with van der Waals surface area (Å²) in [6.45, 7) is 19.7. The number of ether oxygens (including phenoxy) is 1. The van der Waals surface area contributed by atoms with Crippen molar-refractivity contribution in [1.29, 1.82) is 0 Å². The van der Waals surface area contributed by atoms with Gasteiger partial charge in [-0.2, -0.15) is 0 Å². The number of amides is 2. The number of anilines is 1. The van der Waals surface area contributed by atoms with Gasteiger partial charge in [-0.25, -0.2) is 14.8 Å². The van der Waals surface area contributed by atoms with E-state index in [4.69, 9.17) is 9.73 Å². The number of nitrogens with zero attached hydrogens (tertiary/aromatic N) is 3. The smallest absolute Gasteiger partial charge is 0.317 e. The normalized spacial score (nSPS) is 16.8. The largest absolute Gasteiger partial charge is 0.463 e. The first-order chi connectivity index (χ1) is 19.3. The predicted molar refractivity (Wildman–Crippen MR) is 172 cm³/mol. The molecule has 3 heterocycles. The van der Waals surface area contributed by atoms with Crippen LogP contribution in [0.5, 0.6) is 5.88 Å². The molecule has 0 unspecified atom stereocenters. The van der Waals surface area contributed by atoms with Crippen molar-refractivity contribution in [1.82, 2.24) is 15.2 Å². The third-order valence-electron chi connectivity index (χ3n) is 6.83. The number of nitrogens with one attached hydrogen (secondary N) is 2. The van der Waals surface area contributed by atoms with Gasteiger partial charge in [0, 0.05) is 38.4 Å². The third kappa shape index (κ3) is 9.24. The number of rotatable bonds is 3. The van der Waals surface area contributed by atoms with Crippen LogP contribution >= 0.6 is 0 Å². The van der Waals surface area contributed by atoms with Crippen LogP contribution in [0, 0.1) is 6.92 Å². The minimum Gasteiger partial charge on any atom is -0.463 e. The highest BCUT2D eigenvalue weighted by atomic mass is 16.5. The van der Waals surface area contributed by atoms with Crippen LogP contribution in [0.15, 0.2) is 35.3 Å². The molecule has 0 atom stereocenters. The molecule has 1 saturated heterocycles. The quantitative estimate of drug-likeness (QED) is 0.399. The summed E-state index contributed by atoms with van der Waals surface area (Å²) in [5.41, 5.74) is 5.66. The summed E-state index contributed by atoms with van der Waals surface area (Å²) in [7, 11) is 3.69. The van der Waals surface area contributed by atoms with Gasteiger partial charge in [-0.3, -0.25) is 0 Å². The van der Waals surface area contributed by atoms with Crippen molar-refractivity contribution in [2.24, 2.45) is 4.99 Å². The van der Waals surface area contributed by atoms with Crippen LogP contribution in [0.2, 0.25) is 0 Å². The fraction of sp³-hybridized carbons (Fsp3) is 0.606. The Balaban J connectivity index is 0.000000520. The maximum Gasteiger partial charge on any atom is 0.317 e. The molecule has 5 rings (SSSR count). The number of aromatic nitrogens is 1. The van der Waals surface area contributed by atoms with Crippen LogP contribution in [-0.4, -0.2) is 54.4 Å². The number of carbonyl (C=O) groups excluding carboxylic acids is 1. The predicted octanol–water partition coefficient (Wildman–Crippen LogP) is 8.49. The SMILES string of the molecule is CC.CC.CC.CN1CCNC1=O.CNc1cc(C)nc2c1N=C(c1ccc(C3CCCCC3)cc1)C(C)(C)O2. The highest BCUT2D eigenvalue weighted by Crippen LogP contribution is 2.42. The number of likely N-dealkylation sites (N-methyl/N-ethyl adjacent to an activating group) is 1. The van der Waals surface area contributed by atoms with Gasteiger partial charge in [-0.05, 0) is 51.2 Å². The minimum absolute atomic E-state index is 0.0417. The summed E-state index contributed by atoms with van der Waals surface area (Å²) in [6.07, 6.45) is 6.74. The molecule has 0 bridgehead atoms. The van der Waals surface area contributed by atoms with Gasteiger partial charge < -0.3 is 20.3 Å². The van der Waals surface area contributed by atoms with Gasteiger partial charge in [0.15, 0.2) is 0 Å². The molecule has 2 amide bonds. The van der Waals surface area contributed by atoms with Gasteiger partial charge in [0.1, 0.15) is 11.3 Å². The lowest BCUT2D eigenvalue weighted by Gasteiger charge is -2.33. The van der Waals surface area contributed by atoms with E-state index in [1.165, 1.54) is 37.7 Å². The standard InChI is InChI=1S/C23H29N3O.C4H8N2O.3C2H6/c1-15-14-19(24-4)20-22(25-15)27-23(2,3)21(26-20)18-12-10-17(11-13-18)16-8-6-5-7-9-16;1-6-3-2-5-4(6)7;3*1-2/h10-14,16H,5-9H2,1-4H3,(H,24,25);2-3H2,1H3,(H,5,7);3*1-2H3. The van der Waals surface area contributed by atoms with Crippen molar-refractivity contribution < 1.29 is 9.53 Å². The van der Waals surface area contributed by atoms with E-state index in [1.54, 1.807) is 11.9 Å². The van der Waals surface area contributed by atoms with E-state index < -0.39 is 5.60 Å². The lowest BCUT2D eigenvalue weighted by molar-refractivity contribution is 0.171. The van der Waals surface area contributed by atoms with E-state index in [1.807, 2.05) is 61.6 Å². The molecule has 2 aliphatic heterocycles. The first-order valence-corrected chi connectivity index (χ1v) is 15.4. The molecule has 0 spiro atoms. The Morgan fingerprint density at radius 2 is 1.60 bits per heavy atom. The van der Waals surface area contributed by atoms with Gasteiger partial charge in [0.25, 0.3) is 0 Å². The summed E-state index contributed by atoms with van der Waals surface area (Å²) >= 11 is 0. The van der Waals surface area contributed by atoms with Crippen LogP contribution in [0.25, 0.3) is 0 Å². The number of aryl methyl sites for hydroxylation is 1. The molecule has 1 aromatic carbocycles. The number of benzene rings is 1. The lowest BCUT2D eigenvalue weighted by Crippen LogP contribution is -2.41. The topological polar surface area (TPSA) is 78.9 Å². The summed E-state index contributed by atoms with van der Waals surface area (Å²) < 4.78 is 6.27. The second kappa shape index (κ2) is 17.6. The molecule has 0 radical (unpaired) electrons. The van der Waals surface area contributed by atoms with Crippen molar-refractivity contribution in [3.8, 4) is 5.88 Å². The van der Waals surface area contributed by atoms with Crippen LogP contribution < -0.4 is 15.4 Å². The number of fused-ring (bicyclic) bond motifs is 1. The van der Waals surface area contributed by atoms with Crippen molar-refractivity contribution >= 4 is 23.1 Å². The molecule has 3 aliphatic rings. The highest BCUT2D eigenvalue weighted by molar-refractivity contribution is 6.09. The average molecular weight is 554 g/mol. The second-order valence-corrected chi connectivity index (χ2v) is 9.90. The van der Waals surface area contributed by atoms with Gasteiger partial charge in [0.2, 0.25) is 5.88 Å². The van der Waals surface area contributed by atoms with E-state index in [9.17, 15) is 4.79 Å². The van der Waals surface area contributed by atoms with Crippen molar-refractivity contribution in [3.63, 3.8) is 0 Å². The molecule has 7 heteroatoms. The fourth-order valence-electron chi connectivity index (χ4n) is 4.87. The zero-order valence-corrected chi connectivity index (χ0v) is 27.1. The number of urea groups is 1. The minimum atomic E-state index is -0.523.